The van der Waals surface area contributed by atoms with Crippen molar-refractivity contribution in [1.82, 2.24) is 0 Å². The molecule has 2 aliphatic carbocycles. The van der Waals surface area contributed by atoms with E-state index >= 15 is 0 Å². The molecule has 80 valence electrons. The molecule has 14 heavy (non-hydrogen) atoms. The van der Waals surface area contributed by atoms with Crippen LogP contribution in [-0.2, 0) is 9.59 Å². The maximum Gasteiger partial charge on any atom is 0.290 e. The summed E-state index contributed by atoms with van der Waals surface area (Å²) >= 11 is 0. The molecule has 2 unspecified atom stereocenters. The molecule has 0 aromatic rings. The van der Waals surface area contributed by atoms with Crippen molar-refractivity contribution in [2.45, 2.75) is 40.0 Å². The van der Waals surface area contributed by atoms with E-state index in [-0.39, 0.29) is 17.3 Å². The maximum atomic E-state index is 11.6. The average Bonchev–Trinajstić information content (AvgIpc) is 2.38. The van der Waals surface area contributed by atoms with E-state index in [0.29, 0.717) is 11.7 Å². The Morgan fingerprint density at radius 1 is 1.43 bits per heavy atom. The van der Waals surface area contributed by atoms with Gasteiger partial charge in [-0.25, -0.2) is 0 Å². The normalized spacial score (nSPS) is 37.6. The van der Waals surface area contributed by atoms with Gasteiger partial charge < -0.3 is 5.11 Å². The molecule has 1 N–H and O–H groups in total. The fourth-order valence-corrected chi connectivity index (χ4v) is 2.90. The van der Waals surface area contributed by atoms with Crippen LogP contribution in [0.15, 0.2) is 0 Å². The summed E-state index contributed by atoms with van der Waals surface area (Å²) in [7, 11) is 0. The first-order valence-corrected chi connectivity index (χ1v) is 5.01. The molecule has 2 bridgehead atoms. The molecule has 2 atom stereocenters. The van der Waals surface area contributed by atoms with Gasteiger partial charge in [-0.15, -0.1) is 0 Å². The Bertz CT molecular complexity index is 257. The highest BCUT2D eigenvalue weighted by molar-refractivity contribution is 5.89. The second-order valence-electron chi connectivity index (χ2n) is 5.02. The van der Waals surface area contributed by atoms with Crippen LogP contribution in [0.5, 0.6) is 0 Å². The van der Waals surface area contributed by atoms with Crippen molar-refractivity contribution >= 4 is 12.3 Å². The number of hydrogen-bond acceptors (Lipinski definition) is 2. The number of ketones is 1. The molecule has 0 spiro atoms. The van der Waals surface area contributed by atoms with Crippen LogP contribution in [-0.4, -0.2) is 17.4 Å². The van der Waals surface area contributed by atoms with Gasteiger partial charge in [0.1, 0.15) is 5.78 Å². The molecule has 2 aliphatic rings. The van der Waals surface area contributed by atoms with Gasteiger partial charge in [0.2, 0.25) is 0 Å². The number of fused-ring (bicyclic) bond motifs is 2. The largest absolute Gasteiger partial charge is 0.483 e. The predicted octanol–water partition coefficient (Wildman–Crippen LogP) is 2.10. The van der Waals surface area contributed by atoms with Crippen molar-refractivity contribution in [1.29, 1.82) is 0 Å². The second-order valence-corrected chi connectivity index (χ2v) is 5.02. The smallest absolute Gasteiger partial charge is 0.290 e. The molecular formula is C11H18O3. The third-order valence-electron chi connectivity index (χ3n) is 4.48. The van der Waals surface area contributed by atoms with Crippen LogP contribution in [0.1, 0.15) is 40.0 Å². The summed E-state index contributed by atoms with van der Waals surface area (Å²) in [6, 6.07) is 0. The monoisotopic (exact) mass is 198 g/mol. The first-order valence-electron chi connectivity index (χ1n) is 5.01. The van der Waals surface area contributed by atoms with Gasteiger partial charge in [0, 0.05) is 11.8 Å². The highest BCUT2D eigenvalue weighted by Gasteiger charge is 2.61. The molecule has 0 aromatic heterocycles. The summed E-state index contributed by atoms with van der Waals surface area (Å²) in [5, 5.41) is 6.89. The first-order chi connectivity index (χ1) is 6.40. The molecule has 2 rings (SSSR count). The van der Waals surface area contributed by atoms with Crippen LogP contribution < -0.4 is 0 Å². The van der Waals surface area contributed by atoms with Crippen molar-refractivity contribution in [2.24, 2.45) is 16.7 Å². The lowest BCUT2D eigenvalue weighted by atomic mass is 9.70. The van der Waals surface area contributed by atoms with Crippen LogP contribution in [0.4, 0.5) is 0 Å². The van der Waals surface area contributed by atoms with Crippen LogP contribution >= 0.6 is 0 Å². The summed E-state index contributed by atoms with van der Waals surface area (Å²) in [4.78, 5) is 19.9. The first kappa shape index (κ1) is 11.2. The van der Waals surface area contributed by atoms with Crippen LogP contribution in [0.2, 0.25) is 0 Å². The van der Waals surface area contributed by atoms with Gasteiger partial charge in [0.05, 0.1) is 0 Å². The molecular weight excluding hydrogens is 180 g/mol. The highest BCUT2D eigenvalue weighted by atomic mass is 16.3. The van der Waals surface area contributed by atoms with Crippen LogP contribution in [0.3, 0.4) is 0 Å². The fraction of sp³-hybridized carbons (Fsp3) is 0.818. The van der Waals surface area contributed by atoms with Crippen molar-refractivity contribution in [3.8, 4) is 0 Å². The van der Waals surface area contributed by atoms with E-state index in [1.54, 1.807) is 0 Å². The number of Topliss-reactive ketones (excluding diaryl/α,β-unsaturated/α-hetero) is 1. The van der Waals surface area contributed by atoms with E-state index < -0.39 is 0 Å². The Kier molecular flexibility index (Phi) is 2.70. The van der Waals surface area contributed by atoms with Gasteiger partial charge in [0.15, 0.2) is 0 Å². The molecule has 3 nitrogen and oxygen atoms in total. The maximum absolute atomic E-state index is 11.6. The lowest BCUT2D eigenvalue weighted by molar-refractivity contribution is -0.128. The van der Waals surface area contributed by atoms with Crippen LogP contribution in [0, 0.1) is 16.7 Å². The Morgan fingerprint density at radius 3 is 2.07 bits per heavy atom. The van der Waals surface area contributed by atoms with E-state index in [1.807, 2.05) is 0 Å². The van der Waals surface area contributed by atoms with Gasteiger partial charge >= 0.3 is 0 Å². The zero-order valence-electron chi connectivity index (χ0n) is 9.04. The van der Waals surface area contributed by atoms with E-state index in [1.165, 1.54) is 6.42 Å². The zero-order valence-corrected chi connectivity index (χ0v) is 9.04. The number of rotatable bonds is 0. The molecule has 2 fully saturated rings. The quantitative estimate of drug-likeness (QED) is 0.606. The standard InChI is InChI=1S/C10H16O.CH2O2/c1-9(2)7-4-5-10(9,3)8(11)6-7;2-1-3/h7H,4-6H2,1-3H3;1H,(H,2,3). The second kappa shape index (κ2) is 3.37. The minimum absolute atomic E-state index is 0.0255. The molecule has 2 saturated carbocycles. The molecule has 0 amide bonds. The third kappa shape index (κ3) is 1.26. The zero-order chi connectivity index (χ0) is 11.0. The topological polar surface area (TPSA) is 54.4 Å². The molecule has 0 radical (unpaired) electrons. The van der Waals surface area contributed by atoms with Gasteiger partial charge in [-0.1, -0.05) is 20.8 Å². The number of carbonyl (C=O) groups is 2. The Labute approximate surface area is 84.5 Å². The van der Waals surface area contributed by atoms with E-state index in [4.69, 9.17) is 9.90 Å². The van der Waals surface area contributed by atoms with Crippen LogP contribution in [0.25, 0.3) is 0 Å². The minimum Gasteiger partial charge on any atom is -0.483 e. The fourth-order valence-electron chi connectivity index (χ4n) is 2.90. The lowest BCUT2D eigenvalue weighted by Gasteiger charge is -2.32. The molecule has 0 aliphatic heterocycles. The Morgan fingerprint density at radius 2 is 1.93 bits per heavy atom. The van der Waals surface area contributed by atoms with Crippen molar-refractivity contribution in [3.05, 3.63) is 0 Å². The summed E-state index contributed by atoms with van der Waals surface area (Å²) in [5.41, 5.74) is 0.307. The Balaban J connectivity index is 0.000000293. The van der Waals surface area contributed by atoms with Crippen molar-refractivity contribution < 1.29 is 14.7 Å². The van der Waals surface area contributed by atoms with Gasteiger partial charge in [-0.3, -0.25) is 9.59 Å². The van der Waals surface area contributed by atoms with Gasteiger partial charge in [0.25, 0.3) is 6.47 Å². The molecule has 0 saturated heterocycles. The number of carbonyl (C=O) groups excluding carboxylic acids is 1. The number of carboxylic acid groups (broad SMARTS) is 1. The summed E-state index contributed by atoms with van der Waals surface area (Å²) in [6.45, 7) is 6.42. The van der Waals surface area contributed by atoms with Gasteiger partial charge in [-0.2, -0.15) is 0 Å². The molecule has 0 heterocycles. The third-order valence-corrected chi connectivity index (χ3v) is 4.48. The highest BCUT2D eigenvalue weighted by Crippen LogP contribution is 2.63. The summed E-state index contributed by atoms with van der Waals surface area (Å²) in [5.74, 6) is 1.19. The van der Waals surface area contributed by atoms with Crippen molar-refractivity contribution in [2.75, 3.05) is 0 Å². The van der Waals surface area contributed by atoms with Gasteiger partial charge in [-0.05, 0) is 24.2 Å². The molecule has 3 heteroatoms. The van der Waals surface area contributed by atoms with E-state index in [2.05, 4.69) is 20.8 Å². The summed E-state index contributed by atoms with van der Waals surface area (Å²) < 4.78 is 0. The van der Waals surface area contributed by atoms with Crippen molar-refractivity contribution in [3.63, 3.8) is 0 Å². The predicted molar refractivity (Wildman–Crippen MR) is 52.9 cm³/mol. The summed E-state index contributed by atoms with van der Waals surface area (Å²) in [6.07, 6.45) is 3.25. The van der Waals surface area contributed by atoms with E-state index in [9.17, 15) is 4.79 Å². The minimum atomic E-state index is -0.250. The SMILES string of the molecule is CC12CCC(CC1=O)C2(C)C.O=CO. The number of hydrogen-bond donors (Lipinski definition) is 1. The Hall–Kier alpha value is -0.860. The average molecular weight is 198 g/mol. The molecule has 0 aromatic carbocycles. The van der Waals surface area contributed by atoms with E-state index in [0.717, 1.165) is 12.8 Å². The lowest BCUT2D eigenvalue weighted by Crippen LogP contribution is -2.32.